The van der Waals surface area contributed by atoms with E-state index >= 15 is 0 Å². The number of urea groups is 2. The van der Waals surface area contributed by atoms with E-state index < -0.39 is 47.2 Å². The maximum Gasteiger partial charge on any atom is 0.329 e. The van der Waals surface area contributed by atoms with Crippen LogP contribution in [0.3, 0.4) is 0 Å². The van der Waals surface area contributed by atoms with E-state index in [9.17, 15) is 29.4 Å². The van der Waals surface area contributed by atoms with Gasteiger partial charge in [-0.3, -0.25) is 29.2 Å². The Kier molecular flexibility index (Phi) is 7.29. The van der Waals surface area contributed by atoms with Crippen molar-refractivity contribution in [2.24, 2.45) is 0 Å². The zero-order valence-corrected chi connectivity index (χ0v) is 23.1. The van der Waals surface area contributed by atoms with Crippen molar-refractivity contribution in [1.82, 2.24) is 38.7 Å². The number of aromatic nitrogens is 4. The Hall–Kier alpha value is -3.78. The van der Waals surface area contributed by atoms with Gasteiger partial charge in [-0.05, 0) is 41.5 Å². The van der Waals surface area contributed by atoms with E-state index in [1.54, 1.807) is 75.5 Å². The molecule has 2 aromatic heterocycles. The fourth-order valence-electron chi connectivity index (χ4n) is 4.96. The third kappa shape index (κ3) is 5.01. The van der Waals surface area contributed by atoms with Crippen molar-refractivity contribution in [2.45, 2.75) is 77.9 Å². The van der Waals surface area contributed by atoms with Crippen LogP contribution in [0.1, 0.15) is 39.3 Å². The van der Waals surface area contributed by atoms with E-state index in [2.05, 4.69) is 9.97 Å². The number of amides is 6. The van der Waals surface area contributed by atoms with E-state index in [-0.39, 0.29) is 32.8 Å². The molecule has 14 heteroatoms. The van der Waals surface area contributed by atoms with E-state index in [1.807, 2.05) is 0 Å². The number of hydrogen-bond donors (Lipinski definition) is 2. The minimum absolute atomic E-state index is 0.144. The Bertz CT molecular complexity index is 1190. The van der Waals surface area contributed by atoms with E-state index in [1.165, 1.54) is 9.80 Å². The van der Waals surface area contributed by atoms with Crippen molar-refractivity contribution in [2.75, 3.05) is 19.8 Å². The molecule has 4 rings (SSSR count). The molecular formula is C25H36N8O6. The molecule has 6 amide bonds. The number of aliphatic hydroxyl groups is 2. The molecule has 212 valence electrons. The van der Waals surface area contributed by atoms with E-state index in [4.69, 9.17) is 0 Å². The van der Waals surface area contributed by atoms with Gasteiger partial charge in [0.1, 0.15) is 29.4 Å². The number of β-amino-alcohol motifs (C(OH)–C–C–N with tert-alkyl or cyclic N) is 2. The lowest BCUT2D eigenvalue weighted by Gasteiger charge is -2.36. The maximum atomic E-state index is 13.4. The summed E-state index contributed by atoms with van der Waals surface area (Å²) in [6, 6.07) is -1.34. The van der Waals surface area contributed by atoms with Crippen LogP contribution in [0.25, 0.3) is 0 Å². The Morgan fingerprint density at radius 1 is 0.692 bits per heavy atom. The van der Waals surface area contributed by atoms with Crippen molar-refractivity contribution < 1.29 is 29.4 Å². The number of carbonyl (C=O) groups is 4. The van der Waals surface area contributed by atoms with Crippen LogP contribution in [0.4, 0.5) is 9.59 Å². The van der Waals surface area contributed by atoms with E-state index in [0.717, 1.165) is 9.80 Å². The second-order valence-electron chi connectivity index (χ2n) is 11.1. The molecule has 39 heavy (non-hydrogen) atoms. The van der Waals surface area contributed by atoms with Gasteiger partial charge in [0.2, 0.25) is 0 Å². The quantitative estimate of drug-likeness (QED) is 0.401. The van der Waals surface area contributed by atoms with Gasteiger partial charge in [-0.15, -0.1) is 0 Å². The number of carbonyl (C=O) groups excluding carboxylic acids is 4. The summed E-state index contributed by atoms with van der Waals surface area (Å²) < 4.78 is 3.43. The summed E-state index contributed by atoms with van der Waals surface area (Å²) in [4.78, 5) is 65.9. The summed E-state index contributed by atoms with van der Waals surface area (Å²) in [6.45, 7) is 9.28. The number of aryl methyl sites for hydroxylation is 2. The van der Waals surface area contributed by atoms with Gasteiger partial charge < -0.3 is 19.3 Å². The maximum absolute atomic E-state index is 13.4. The lowest BCUT2D eigenvalue weighted by molar-refractivity contribution is -0.134. The van der Waals surface area contributed by atoms with Crippen LogP contribution in [0.2, 0.25) is 0 Å². The Morgan fingerprint density at radius 3 is 1.36 bits per heavy atom. The first-order valence-electron chi connectivity index (χ1n) is 12.7. The number of aliphatic hydroxyl groups excluding tert-OH is 2. The van der Waals surface area contributed by atoms with Crippen molar-refractivity contribution in [1.29, 1.82) is 0 Å². The van der Waals surface area contributed by atoms with Gasteiger partial charge in [0, 0.05) is 24.8 Å². The van der Waals surface area contributed by atoms with Gasteiger partial charge in [-0.2, -0.15) is 0 Å². The zero-order valence-electron chi connectivity index (χ0n) is 23.1. The monoisotopic (exact) mass is 544 g/mol. The zero-order chi connectivity index (χ0) is 28.9. The largest absolute Gasteiger partial charge is 0.389 e. The molecule has 4 heterocycles. The molecule has 0 unspecified atom stereocenters. The Morgan fingerprint density at radius 2 is 1.05 bits per heavy atom. The topological polar surface area (TPSA) is 157 Å². The predicted molar refractivity (Wildman–Crippen MR) is 137 cm³/mol. The fraction of sp³-hybridized carbons (Fsp3) is 0.600. The number of nitrogens with zero attached hydrogens (tertiary/aromatic N) is 8. The average Bonchev–Trinajstić information content (AvgIpc) is 3.52. The number of rotatable bonds is 10. The van der Waals surface area contributed by atoms with Crippen molar-refractivity contribution >= 4 is 23.9 Å². The van der Waals surface area contributed by atoms with Crippen molar-refractivity contribution in [3.63, 3.8) is 0 Å². The average molecular weight is 545 g/mol. The molecule has 2 fully saturated rings. The highest BCUT2D eigenvalue weighted by molar-refractivity contribution is 6.08. The third-order valence-corrected chi connectivity index (χ3v) is 7.54. The van der Waals surface area contributed by atoms with Gasteiger partial charge >= 0.3 is 12.1 Å². The summed E-state index contributed by atoms with van der Waals surface area (Å²) in [5, 5.41) is 21.2. The highest BCUT2D eigenvalue weighted by Gasteiger charge is 2.57. The molecule has 14 nitrogen and oxygen atoms in total. The van der Waals surface area contributed by atoms with Crippen LogP contribution < -0.4 is 0 Å². The first kappa shape index (κ1) is 28.2. The normalized spacial score (nSPS) is 20.5. The second kappa shape index (κ2) is 10.1. The molecule has 2 aliphatic heterocycles. The van der Waals surface area contributed by atoms with Gasteiger partial charge in [-0.1, -0.05) is 0 Å². The summed E-state index contributed by atoms with van der Waals surface area (Å²) in [5.41, 5.74) is -2.65. The van der Waals surface area contributed by atoms with Gasteiger partial charge in [0.15, 0.2) is 0 Å². The van der Waals surface area contributed by atoms with Gasteiger partial charge in [0.25, 0.3) is 11.8 Å². The van der Waals surface area contributed by atoms with Crippen LogP contribution in [0.5, 0.6) is 0 Å². The molecule has 2 atom stereocenters. The predicted octanol–water partition coefficient (Wildman–Crippen LogP) is 0.162. The summed E-state index contributed by atoms with van der Waals surface area (Å²) in [6.07, 6.45) is 4.50. The minimum atomic E-state index is -1.33. The van der Waals surface area contributed by atoms with Crippen LogP contribution in [-0.2, 0) is 22.7 Å². The second-order valence-corrected chi connectivity index (χ2v) is 11.1. The van der Waals surface area contributed by atoms with E-state index in [0.29, 0.717) is 11.6 Å². The van der Waals surface area contributed by atoms with Crippen LogP contribution in [0.15, 0.2) is 24.8 Å². The molecule has 2 aromatic rings. The smallest absolute Gasteiger partial charge is 0.329 e. The molecule has 0 radical (unpaired) electrons. The first-order valence-corrected chi connectivity index (χ1v) is 12.7. The first-order chi connectivity index (χ1) is 18.2. The number of imidazole rings is 2. The molecule has 0 bridgehead atoms. The molecule has 2 aliphatic rings. The lowest BCUT2D eigenvalue weighted by atomic mass is 10.0. The highest BCUT2D eigenvalue weighted by atomic mass is 16.3. The summed E-state index contributed by atoms with van der Waals surface area (Å²) in [7, 11) is 0. The molecule has 0 saturated carbocycles. The molecule has 0 aliphatic carbocycles. The minimum Gasteiger partial charge on any atom is -0.389 e. The molecule has 2 saturated heterocycles. The van der Waals surface area contributed by atoms with Crippen molar-refractivity contribution in [3.05, 3.63) is 36.4 Å². The molecule has 0 spiro atoms. The van der Waals surface area contributed by atoms with Gasteiger partial charge in [-0.25, -0.2) is 19.6 Å². The summed E-state index contributed by atoms with van der Waals surface area (Å²) >= 11 is 0. The van der Waals surface area contributed by atoms with Crippen LogP contribution in [0, 0.1) is 13.8 Å². The Labute approximate surface area is 226 Å². The van der Waals surface area contributed by atoms with Crippen LogP contribution >= 0.6 is 0 Å². The molecule has 2 N–H and O–H groups in total. The van der Waals surface area contributed by atoms with Crippen molar-refractivity contribution in [3.8, 4) is 0 Å². The third-order valence-electron chi connectivity index (χ3n) is 7.54. The van der Waals surface area contributed by atoms with Gasteiger partial charge in [0.05, 0.1) is 38.4 Å². The highest BCUT2D eigenvalue weighted by Crippen LogP contribution is 2.33. The SMILES string of the molecule is Cc1nccn1C[C@H](O)CN1C(=O)N(CN2C(=O)N(C[C@H](O)Cn3ccnc3C)C(=O)C2(C)C)C(C)(C)C1=O. The summed E-state index contributed by atoms with van der Waals surface area (Å²) in [5.74, 6) is 0.328. The van der Waals surface area contributed by atoms with Crippen LogP contribution in [-0.4, -0.2) is 116 Å². The lowest BCUT2D eigenvalue weighted by Crippen LogP contribution is -2.55. The number of hydrogen-bond acceptors (Lipinski definition) is 8. The number of imide groups is 2. The standard InChI is InChI=1S/C25H36N8O6/c1-16-26-7-9-28(16)11-18(34)13-30-20(36)24(3,4)32(22(30)38)15-33-23(39)31(21(37)25(33,5)6)14-19(35)12-29-10-8-27-17(29)2/h7-10,18-19,34-35H,11-15H2,1-6H3/t18-,19+. The Balaban J connectivity index is 1.47. The molecule has 0 aromatic carbocycles. The fourth-order valence-corrected chi connectivity index (χ4v) is 4.96. The molecular weight excluding hydrogens is 508 g/mol.